The molecule has 1 N–H and O–H groups in total. The first kappa shape index (κ1) is 18.5. The van der Waals surface area contributed by atoms with Crippen LogP contribution < -0.4 is 5.32 Å². The number of benzene rings is 1. The molecule has 0 aliphatic rings. The van der Waals surface area contributed by atoms with Crippen LogP contribution in [0.2, 0.25) is 5.02 Å². The third-order valence-corrected chi connectivity index (χ3v) is 4.97. The first-order valence-corrected chi connectivity index (χ1v) is 8.62. The van der Waals surface area contributed by atoms with Gasteiger partial charge in [0.2, 0.25) is 0 Å². The van der Waals surface area contributed by atoms with Crippen molar-refractivity contribution in [3.05, 3.63) is 34.9 Å². The molecular weight excluding hydrogens is 280 g/mol. The third kappa shape index (κ3) is 4.70. The summed E-state index contributed by atoms with van der Waals surface area (Å²) in [5.41, 5.74) is 1.46. The van der Waals surface area contributed by atoms with Crippen molar-refractivity contribution in [1.29, 1.82) is 0 Å². The molecule has 1 rings (SSSR count). The number of hydrogen-bond donors (Lipinski definition) is 1. The maximum absolute atomic E-state index is 6.14. The molecule has 0 heterocycles. The number of rotatable bonds is 9. The molecule has 3 heteroatoms. The fourth-order valence-corrected chi connectivity index (χ4v) is 3.51. The van der Waals surface area contributed by atoms with Crippen molar-refractivity contribution in [3.8, 4) is 0 Å². The van der Waals surface area contributed by atoms with Crippen molar-refractivity contribution < 1.29 is 0 Å². The number of hydrogen-bond acceptors (Lipinski definition) is 2. The Morgan fingerprint density at radius 3 is 2.33 bits per heavy atom. The zero-order valence-corrected chi connectivity index (χ0v) is 15.0. The molecular formula is C18H31ClN2. The first-order chi connectivity index (χ1) is 10.0. The van der Waals surface area contributed by atoms with Crippen LogP contribution in [-0.2, 0) is 6.42 Å². The summed E-state index contributed by atoms with van der Waals surface area (Å²) >= 11 is 6.14. The largest absolute Gasteiger partial charge is 0.312 e. The van der Waals surface area contributed by atoms with Gasteiger partial charge in [0.05, 0.1) is 0 Å². The van der Waals surface area contributed by atoms with Crippen LogP contribution in [0.5, 0.6) is 0 Å². The summed E-state index contributed by atoms with van der Waals surface area (Å²) < 4.78 is 0. The molecule has 0 aliphatic heterocycles. The van der Waals surface area contributed by atoms with Gasteiger partial charge in [0.1, 0.15) is 0 Å². The van der Waals surface area contributed by atoms with E-state index in [0.29, 0.717) is 6.04 Å². The molecule has 2 atom stereocenters. The molecule has 0 aromatic heterocycles. The third-order valence-electron chi connectivity index (χ3n) is 4.73. The SMILES string of the molecule is CCNC(Cc1cccc(Cl)c1)C(C)(CC)N(CC)CC. The lowest BCUT2D eigenvalue weighted by Gasteiger charge is -2.46. The van der Waals surface area contributed by atoms with Crippen molar-refractivity contribution in [3.63, 3.8) is 0 Å². The minimum atomic E-state index is 0.155. The summed E-state index contributed by atoms with van der Waals surface area (Å²) in [4.78, 5) is 2.57. The van der Waals surface area contributed by atoms with Gasteiger partial charge < -0.3 is 5.32 Å². The van der Waals surface area contributed by atoms with E-state index in [4.69, 9.17) is 11.6 Å². The topological polar surface area (TPSA) is 15.3 Å². The van der Waals surface area contributed by atoms with Crippen LogP contribution in [0.15, 0.2) is 24.3 Å². The van der Waals surface area contributed by atoms with E-state index >= 15 is 0 Å². The molecule has 0 fully saturated rings. The minimum Gasteiger partial charge on any atom is -0.312 e. The Kier molecular flexibility index (Phi) is 7.72. The van der Waals surface area contributed by atoms with Crippen LogP contribution in [-0.4, -0.2) is 36.1 Å². The van der Waals surface area contributed by atoms with Crippen LogP contribution in [0, 0.1) is 0 Å². The summed E-state index contributed by atoms with van der Waals surface area (Å²) in [5.74, 6) is 0. The lowest BCUT2D eigenvalue weighted by molar-refractivity contribution is 0.0707. The lowest BCUT2D eigenvalue weighted by Crippen LogP contribution is -2.60. The average Bonchev–Trinajstić information content (AvgIpc) is 2.47. The molecule has 120 valence electrons. The smallest absolute Gasteiger partial charge is 0.0408 e. The number of likely N-dealkylation sites (N-methyl/N-ethyl adjacent to an activating group) is 2. The fraction of sp³-hybridized carbons (Fsp3) is 0.667. The van der Waals surface area contributed by atoms with Crippen LogP contribution in [0.4, 0.5) is 0 Å². The highest BCUT2D eigenvalue weighted by Gasteiger charge is 2.36. The van der Waals surface area contributed by atoms with Crippen molar-refractivity contribution >= 4 is 11.6 Å². The molecule has 2 unspecified atom stereocenters. The fourth-order valence-electron chi connectivity index (χ4n) is 3.29. The molecule has 0 spiro atoms. The van der Waals surface area contributed by atoms with Crippen LogP contribution >= 0.6 is 11.6 Å². The van der Waals surface area contributed by atoms with Gasteiger partial charge in [0.25, 0.3) is 0 Å². The van der Waals surface area contributed by atoms with E-state index in [1.807, 2.05) is 12.1 Å². The van der Waals surface area contributed by atoms with E-state index in [1.54, 1.807) is 0 Å². The molecule has 0 aliphatic carbocycles. The summed E-state index contributed by atoms with van der Waals surface area (Å²) in [6.45, 7) is 14.5. The van der Waals surface area contributed by atoms with Gasteiger partial charge in [-0.05, 0) is 57.1 Å². The summed E-state index contributed by atoms with van der Waals surface area (Å²) in [7, 11) is 0. The predicted octanol–water partition coefficient (Wildman–Crippen LogP) is 4.37. The van der Waals surface area contributed by atoms with Crippen molar-refractivity contribution in [2.24, 2.45) is 0 Å². The van der Waals surface area contributed by atoms with Gasteiger partial charge in [0.15, 0.2) is 0 Å². The van der Waals surface area contributed by atoms with Crippen LogP contribution in [0.1, 0.15) is 46.6 Å². The van der Waals surface area contributed by atoms with E-state index in [1.165, 1.54) is 5.56 Å². The predicted molar refractivity (Wildman–Crippen MR) is 94.2 cm³/mol. The number of halogens is 1. The minimum absolute atomic E-state index is 0.155. The van der Waals surface area contributed by atoms with Gasteiger partial charge in [-0.2, -0.15) is 0 Å². The van der Waals surface area contributed by atoms with Crippen molar-refractivity contribution in [2.45, 2.75) is 59.0 Å². The molecule has 0 bridgehead atoms. The van der Waals surface area contributed by atoms with Gasteiger partial charge in [-0.15, -0.1) is 0 Å². The zero-order valence-electron chi connectivity index (χ0n) is 14.2. The van der Waals surface area contributed by atoms with Crippen molar-refractivity contribution in [2.75, 3.05) is 19.6 Å². The first-order valence-electron chi connectivity index (χ1n) is 8.24. The van der Waals surface area contributed by atoms with Crippen LogP contribution in [0.3, 0.4) is 0 Å². The summed E-state index contributed by atoms with van der Waals surface area (Å²) in [5, 5.41) is 4.53. The summed E-state index contributed by atoms with van der Waals surface area (Å²) in [6, 6.07) is 8.67. The molecule has 0 amide bonds. The van der Waals surface area contributed by atoms with E-state index < -0.39 is 0 Å². The maximum atomic E-state index is 6.14. The molecule has 21 heavy (non-hydrogen) atoms. The average molecular weight is 311 g/mol. The Bertz CT molecular complexity index is 417. The van der Waals surface area contributed by atoms with Gasteiger partial charge in [-0.1, -0.05) is 51.4 Å². The van der Waals surface area contributed by atoms with E-state index in [-0.39, 0.29) is 5.54 Å². The highest BCUT2D eigenvalue weighted by Crippen LogP contribution is 2.26. The van der Waals surface area contributed by atoms with E-state index in [2.05, 4.69) is 57.0 Å². The van der Waals surface area contributed by atoms with Crippen LogP contribution in [0.25, 0.3) is 0 Å². The molecule has 1 aromatic rings. The summed E-state index contributed by atoms with van der Waals surface area (Å²) in [6.07, 6.45) is 2.14. The molecule has 0 saturated heterocycles. The number of nitrogens with zero attached hydrogens (tertiary/aromatic N) is 1. The van der Waals surface area contributed by atoms with Crippen molar-refractivity contribution in [1.82, 2.24) is 10.2 Å². The normalized spacial score (nSPS) is 16.0. The zero-order chi connectivity index (χ0) is 15.9. The second-order valence-electron chi connectivity index (χ2n) is 5.83. The monoisotopic (exact) mass is 310 g/mol. The molecule has 0 saturated carbocycles. The number of nitrogens with one attached hydrogen (secondary N) is 1. The quantitative estimate of drug-likeness (QED) is 0.728. The van der Waals surface area contributed by atoms with Gasteiger partial charge >= 0.3 is 0 Å². The molecule has 2 nitrogen and oxygen atoms in total. The lowest BCUT2D eigenvalue weighted by atomic mass is 9.83. The van der Waals surface area contributed by atoms with E-state index in [0.717, 1.165) is 37.5 Å². The Morgan fingerprint density at radius 1 is 1.19 bits per heavy atom. The second kappa shape index (κ2) is 8.77. The van der Waals surface area contributed by atoms with Gasteiger partial charge in [-0.25, -0.2) is 0 Å². The Balaban J connectivity index is 3.02. The molecule has 0 radical (unpaired) electrons. The standard InChI is InChI=1S/C18H31ClN2/c1-6-18(5,21(8-3)9-4)17(20-7-2)14-15-11-10-12-16(19)13-15/h10-13,17,20H,6-9,14H2,1-5H3. The van der Waals surface area contributed by atoms with Gasteiger partial charge in [-0.3, -0.25) is 4.90 Å². The highest BCUT2D eigenvalue weighted by molar-refractivity contribution is 6.30. The van der Waals surface area contributed by atoms with E-state index in [9.17, 15) is 0 Å². The Labute approximate surface area is 135 Å². The Morgan fingerprint density at radius 2 is 1.86 bits per heavy atom. The van der Waals surface area contributed by atoms with Gasteiger partial charge in [0, 0.05) is 16.6 Å². The highest BCUT2D eigenvalue weighted by atomic mass is 35.5. The second-order valence-corrected chi connectivity index (χ2v) is 6.26. The molecule has 1 aromatic carbocycles. The Hall–Kier alpha value is -0.570. The maximum Gasteiger partial charge on any atom is 0.0408 e.